The summed E-state index contributed by atoms with van der Waals surface area (Å²) in [5, 5.41) is 0. The predicted molar refractivity (Wildman–Crippen MR) is 47.7 cm³/mol. The van der Waals surface area contributed by atoms with Crippen LogP contribution in [0.2, 0.25) is 0 Å². The van der Waals surface area contributed by atoms with Crippen molar-refractivity contribution in [3.05, 3.63) is 12.2 Å². The average Bonchev–Trinajstić information content (AvgIpc) is 2.35. The van der Waals surface area contributed by atoms with Crippen molar-refractivity contribution in [1.82, 2.24) is 0 Å². The van der Waals surface area contributed by atoms with Crippen molar-refractivity contribution in [1.29, 1.82) is 0 Å². The van der Waals surface area contributed by atoms with E-state index >= 15 is 0 Å². The molecule has 0 amide bonds. The van der Waals surface area contributed by atoms with Gasteiger partial charge in [0.15, 0.2) is 0 Å². The van der Waals surface area contributed by atoms with Crippen molar-refractivity contribution in [3.8, 4) is 0 Å². The maximum absolute atomic E-state index is 11.1. The molecular weight excluding hydrogens is 152 g/mol. The van der Waals surface area contributed by atoms with Gasteiger partial charge in [-0.2, -0.15) is 0 Å². The van der Waals surface area contributed by atoms with Crippen LogP contribution in [0.3, 0.4) is 0 Å². The standard InChI is InChI=1S/C10H16O2/c1-7(2)10(11)12-9-5-4-8(3)6-9/h8-9H,1,4-6H2,2-3H3. The lowest BCUT2D eigenvalue weighted by Crippen LogP contribution is -2.15. The summed E-state index contributed by atoms with van der Waals surface area (Å²) in [6.07, 6.45) is 3.34. The van der Waals surface area contributed by atoms with E-state index in [1.54, 1.807) is 6.92 Å². The first-order chi connectivity index (χ1) is 5.59. The summed E-state index contributed by atoms with van der Waals surface area (Å²) in [7, 11) is 0. The summed E-state index contributed by atoms with van der Waals surface area (Å²) >= 11 is 0. The van der Waals surface area contributed by atoms with Crippen molar-refractivity contribution in [2.75, 3.05) is 0 Å². The Morgan fingerprint density at radius 1 is 1.50 bits per heavy atom. The maximum atomic E-state index is 11.1. The monoisotopic (exact) mass is 168 g/mol. The molecule has 0 spiro atoms. The number of hydrogen-bond donors (Lipinski definition) is 0. The van der Waals surface area contributed by atoms with Crippen LogP contribution in [0.1, 0.15) is 33.1 Å². The van der Waals surface area contributed by atoms with Crippen LogP contribution in [0.15, 0.2) is 12.2 Å². The first kappa shape index (κ1) is 9.30. The highest BCUT2D eigenvalue weighted by Gasteiger charge is 2.24. The smallest absolute Gasteiger partial charge is 0.333 e. The molecule has 68 valence electrons. The largest absolute Gasteiger partial charge is 0.459 e. The van der Waals surface area contributed by atoms with E-state index in [2.05, 4.69) is 13.5 Å². The molecule has 0 radical (unpaired) electrons. The van der Waals surface area contributed by atoms with E-state index in [9.17, 15) is 4.79 Å². The molecule has 1 aliphatic carbocycles. The van der Waals surface area contributed by atoms with Crippen molar-refractivity contribution in [3.63, 3.8) is 0 Å². The van der Waals surface area contributed by atoms with Crippen molar-refractivity contribution >= 4 is 5.97 Å². The van der Waals surface area contributed by atoms with Crippen LogP contribution in [-0.2, 0) is 9.53 Å². The first-order valence-corrected chi connectivity index (χ1v) is 4.46. The Balaban J connectivity index is 2.32. The predicted octanol–water partition coefficient (Wildman–Crippen LogP) is 2.29. The van der Waals surface area contributed by atoms with Gasteiger partial charge in [0.05, 0.1) is 0 Å². The average molecular weight is 168 g/mol. The minimum atomic E-state index is -0.242. The Morgan fingerprint density at radius 2 is 2.17 bits per heavy atom. The molecule has 2 atom stereocenters. The molecule has 1 rings (SSSR count). The fourth-order valence-corrected chi connectivity index (χ4v) is 1.51. The SMILES string of the molecule is C=C(C)C(=O)OC1CCC(C)C1. The van der Waals surface area contributed by atoms with Gasteiger partial charge in [0.2, 0.25) is 0 Å². The van der Waals surface area contributed by atoms with Crippen molar-refractivity contribution < 1.29 is 9.53 Å². The van der Waals surface area contributed by atoms with Crippen LogP contribution in [0.25, 0.3) is 0 Å². The Bertz CT molecular complexity index is 196. The van der Waals surface area contributed by atoms with Gasteiger partial charge in [-0.1, -0.05) is 13.5 Å². The molecular formula is C10H16O2. The minimum Gasteiger partial charge on any atom is -0.459 e. The Morgan fingerprint density at radius 3 is 2.58 bits per heavy atom. The van der Waals surface area contributed by atoms with E-state index in [4.69, 9.17) is 4.74 Å². The molecule has 12 heavy (non-hydrogen) atoms. The Labute approximate surface area is 73.6 Å². The van der Waals surface area contributed by atoms with Gasteiger partial charge in [-0.25, -0.2) is 4.79 Å². The van der Waals surface area contributed by atoms with Crippen LogP contribution >= 0.6 is 0 Å². The van der Waals surface area contributed by atoms with Gasteiger partial charge >= 0.3 is 5.97 Å². The molecule has 0 aromatic heterocycles. The van der Waals surface area contributed by atoms with Crippen LogP contribution in [0.4, 0.5) is 0 Å². The quantitative estimate of drug-likeness (QED) is 0.467. The van der Waals surface area contributed by atoms with Crippen LogP contribution in [0.5, 0.6) is 0 Å². The van der Waals surface area contributed by atoms with Crippen LogP contribution in [-0.4, -0.2) is 12.1 Å². The van der Waals surface area contributed by atoms with Crippen LogP contribution in [0, 0.1) is 5.92 Å². The number of ether oxygens (including phenoxy) is 1. The summed E-state index contributed by atoms with van der Waals surface area (Å²) < 4.78 is 5.20. The zero-order valence-corrected chi connectivity index (χ0v) is 7.80. The molecule has 2 nitrogen and oxygen atoms in total. The van der Waals surface area contributed by atoms with E-state index in [-0.39, 0.29) is 12.1 Å². The molecule has 1 fully saturated rings. The second-order valence-corrected chi connectivity index (χ2v) is 3.73. The van der Waals surface area contributed by atoms with E-state index < -0.39 is 0 Å². The molecule has 2 heteroatoms. The number of carbonyl (C=O) groups excluding carboxylic acids is 1. The Hall–Kier alpha value is -0.790. The maximum Gasteiger partial charge on any atom is 0.333 e. The molecule has 0 saturated heterocycles. The topological polar surface area (TPSA) is 26.3 Å². The van der Waals surface area contributed by atoms with Crippen molar-refractivity contribution in [2.24, 2.45) is 5.92 Å². The summed E-state index contributed by atoms with van der Waals surface area (Å²) in [5.74, 6) is 0.460. The highest BCUT2D eigenvalue weighted by molar-refractivity contribution is 5.87. The number of hydrogen-bond acceptors (Lipinski definition) is 2. The lowest BCUT2D eigenvalue weighted by Gasteiger charge is -2.10. The number of carbonyl (C=O) groups is 1. The zero-order valence-electron chi connectivity index (χ0n) is 7.80. The summed E-state index contributed by atoms with van der Waals surface area (Å²) in [5.41, 5.74) is 0.495. The van der Waals surface area contributed by atoms with Crippen LogP contribution < -0.4 is 0 Å². The molecule has 0 aromatic rings. The summed E-state index contributed by atoms with van der Waals surface area (Å²) in [6.45, 7) is 7.41. The number of esters is 1. The minimum absolute atomic E-state index is 0.143. The first-order valence-electron chi connectivity index (χ1n) is 4.46. The van der Waals surface area contributed by atoms with Gasteiger partial charge < -0.3 is 4.74 Å². The third-order valence-electron chi connectivity index (χ3n) is 2.27. The number of rotatable bonds is 2. The third kappa shape index (κ3) is 2.36. The second-order valence-electron chi connectivity index (χ2n) is 3.73. The molecule has 0 aliphatic heterocycles. The highest BCUT2D eigenvalue weighted by atomic mass is 16.5. The van der Waals surface area contributed by atoms with Gasteiger partial charge in [0.1, 0.15) is 6.10 Å². The second kappa shape index (κ2) is 3.74. The highest BCUT2D eigenvalue weighted by Crippen LogP contribution is 2.27. The van der Waals surface area contributed by atoms with Gasteiger partial charge in [-0.3, -0.25) is 0 Å². The Kier molecular flexibility index (Phi) is 2.90. The van der Waals surface area contributed by atoms with Crippen molar-refractivity contribution in [2.45, 2.75) is 39.2 Å². The molecule has 0 aromatic carbocycles. The third-order valence-corrected chi connectivity index (χ3v) is 2.27. The fourth-order valence-electron chi connectivity index (χ4n) is 1.51. The summed E-state index contributed by atoms with van der Waals surface area (Å²) in [4.78, 5) is 11.1. The van der Waals surface area contributed by atoms with E-state index in [0.717, 1.165) is 12.8 Å². The molecule has 1 saturated carbocycles. The van der Waals surface area contributed by atoms with E-state index in [1.807, 2.05) is 0 Å². The fraction of sp³-hybridized carbons (Fsp3) is 0.700. The molecule has 1 aliphatic rings. The lowest BCUT2D eigenvalue weighted by molar-refractivity contribution is -0.143. The molecule has 0 heterocycles. The lowest BCUT2D eigenvalue weighted by atomic mass is 10.1. The van der Waals surface area contributed by atoms with Gasteiger partial charge in [-0.05, 0) is 32.1 Å². The molecule has 2 unspecified atom stereocenters. The van der Waals surface area contributed by atoms with Gasteiger partial charge in [-0.15, -0.1) is 0 Å². The summed E-state index contributed by atoms with van der Waals surface area (Å²) in [6, 6.07) is 0. The molecule has 0 N–H and O–H groups in total. The van der Waals surface area contributed by atoms with Gasteiger partial charge in [0.25, 0.3) is 0 Å². The van der Waals surface area contributed by atoms with Gasteiger partial charge in [0, 0.05) is 5.57 Å². The zero-order chi connectivity index (χ0) is 9.14. The van der Waals surface area contributed by atoms with E-state index in [1.165, 1.54) is 6.42 Å². The van der Waals surface area contributed by atoms with E-state index in [0.29, 0.717) is 11.5 Å². The molecule has 0 bridgehead atoms. The normalized spacial score (nSPS) is 28.5.